The monoisotopic (exact) mass is 263 g/mol. The SMILES string of the molecule is CCCNC(CSC(C)C(C)O)C(C)(C)OC. The van der Waals surface area contributed by atoms with Crippen LogP contribution < -0.4 is 5.32 Å². The maximum absolute atomic E-state index is 9.50. The van der Waals surface area contributed by atoms with Crippen LogP contribution in [0.15, 0.2) is 0 Å². The summed E-state index contributed by atoms with van der Waals surface area (Å²) in [5, 5.41) is 13.3. The van der Waals surface area contributed by atoms with Crippen LogP contribution in [0.5, 0.6) is 0 Å². The predicted molar refractivity (Wildman–Crippen MR) is 76.8 cm³/mol. The molecule has 0 radical (unpaired) electrons. The number of thioether (sulfide) groups is 1. The second-order valence-electron chi connectivity index (χ2n) is 5.09. The summed E-state index contributed by atoms with van der Waals surface area (Å²) in [6.07, 6.45) is 0.852. The van der Waals surface area contributed by atoms with Gasteiger partial charge < -0.3 is 15.2 Å². The van der Waals surface area contributed by atoms with E-state index in [4.69, 9.17) is 4.74 Å². The van der Waals surface area contributed by atoms with Crippen molar-refractivity contribution in [2.24, 2.45) is 0 Å². The molecule has 0 rings (SSSR count). The van der Waals surface area contributed by atoms with Gasteiger partial charge in [-0.25, -0.2) is 0 Å². The Labute approximate surface area is 111 Å². The smallest absolute Gasteiger partial charge is 0.0783 e. The zero-order valence-electron chi connectivity index (χ0n) is 12.1. The number of ether oxygens (including phenoxy) is 1. The third-order valence-electron chi connectivity index (χ3n) is 3.21. The van der Waals surface area contributed by atoms with Crippen molar-refractivity contribution >= 4 is 11.8 Å². The molecule has 3 nitrogen and oxygen atoms in total. The molecule has 0 aromatic carbocycles. The first-order valence-electron chi connectivity index (χ1n) is 6.43. The zero-order valence-corrected chi connectivity index (χ0v) is 12.9. The maximum Gasteiger partial charge on any atom is 0.0783 e. The normalized spacial score (nSPS) is 17.8. The molecule has 104 valence electrons. The Hall–Kier alpha value is 0.230. The highest BCUT2D eigenvalue weighted by molar-refractivity contribution is 7.99. The molecule has 2 N–H and O–H groups in total. The van der Waals surface area contributed by atoms with Crippen LogP contribution in [0.3, 0.4) is 0 Å². The summed E-state index contributed by atoms with van der Waals surface area (Å²) in [4.78, 5) is 0. The summed E-state index contributed by atoms with van der Waals surface area (Å²) < 4.78 is 5.55. The average Bonchev–Trinajstić information content (AvgIpc) is 2.28. The zero-order chi connectivity index (χ0) is 13.5. The van der Waals surface area contributed by atoms with Crippen molar-refractivity contribution in [1.29, 1.82) is 0 Å². The Bertz CT molecular complexity index is 198. The summed E-state index contributed by atoms with van der Waals surface area (Å²) in [5.74, 6) is 0.951. The Kier molecular flexibility index (Phi) is 8.47. The number of aliphatic hydroxyl groups excluding tert-OH is 1. The summed E-state index contributed by atoms with van der Waals surface area (Å²) in [7, 11) is 1.75. The van der Waals surface area contributed by atoms with E-state index in [2.05, 4.69) is 33.0 Å². The Balaban J connectivity index is 4.29. The molecule has 0 aliphatic heterocycles. The number of aliphatic hydroxyl groups is 1. The van der Waals surface area contributed by atoms with Gasteiger partial charge >= 0.3 is 0 Å². The molecule has 0 fully saturated rings. The van der Waals surface area contributed by atoms with Crippen molar-refractivity contribution in [3.05, 3.63) is 0 Å². The largest absolute Gasteiger partial charge is 0.392 e. The molecular weight excluding hydrogens is 234 g/mol. The van der Waals surface area contributed by atoms with Gasteiger partial charge in [-0.2, -0.15) is 11.8 Å². The molecule has 3 unspecified atom stereocenters. The van der Waals surface area contributed by atoms with E-state index in [-0.39, 0.29) is 17.0 Å². The quantitative estimate of drug-likeness (QED) is 0.670. The molecule has 17 heavy (non-hydrogen) atoms. The van der Waals surface area contributed by atoms with E-state index < -0.39 is 0 Å². The van der Waals surface area contributed by atoms with E-state index in [1.165, 1.54) is 0 Å². The molecule has 3 atom stereocenters. The fourth-order valence-electron chi connectivity index (χ4n) is 1.35. The van der Waals surface area contributed by atoms with Gasteiger partial charge in [0, 0.05) is 24.2 Å². The number of methoxy groups -OCH3 is 1. The number of hydrogen-bond acceptors (Lipinski definition) is 4. The minimum Gasteiger partial charge on any atom is -0.392 e. The van der Waals surface area contributed by atoms with Crippen molar-refractivity contribution in [1.82, 2.24) is 5.32 Å². The molecule has 0 heterocycles. The summed E-state index contributed by atoms with van der Waals surface area (Å²) in [5.41, 5.74) is -0.180. The maximum atomic E-state index is 9.50. The third-order valence-corrected chi connectivity index (χ3v) is 4.66. The predicted octanol–water partition coefficient (Wildman–Crippen LogP) is 2.28. The van der Waals surface area contributed by atoms with Crippen molar-refractivity contribution in [3.63, 3.8) is 0 Å². The molecular formula is C13H29NO2S. The second-order valence-corrected chi connectivity index (χ2v) is 6.50. The van der Waals surface area contributed by atoms with Crippen LogP contribution in [0.1, 0.15) is 41.0 Å². The Morgan fingerprint density at radius 2 is 1.94 bits per heavy atom. The molecule has 0 saturated heterocycles. The van der Waals surface area contributed by atoms with Gasteiger partial charge in [0.25, 0.3) is 0 Å². The van der Waals surface area contributed by atoms with Gasteiger partial charge in [0.05, 0.1) is 11.7 Å². The number of nitrogens with one attached hydrogen (secondary N) is 1. The van der Waals surface area contributed by atoms with Crippen molar-refractivity contribution in [2.75, 3.05) is 19.4 Å². The molecule has 4 heteroatoms. The fourth-order valence-corrected chi connectivity index (χ4v) is 2.65. The first-order valence-corrected chi connectivity index (χ1v) is 7.48. The van der Waals surface area contributed by atoms with Crippen LogP contribution >= 0.6 is 11.8 Å². The summed E-state index contributed by atoms with van der Waals surface area (Å²) in [6, 6.07) is 0.304. The van der Waals surface area contributed by atoms with E-state index in [0.29, 0.717) is 6.04 Å². The summed E-state index contributed by atoms with van der Waals surface area (Å²) in [6.45, 7) is 11.3. The van der Waals surface area contributed by atoms with Crippen LogP contribution in [0, 0.1) is 0 Å². The molecule has 0 aromatic heterocycles. The minimum atomic E-state index is -0.266. The average molecular weight is 263 g/mol. The third kappa shape index (κ3) is 6.65. The first kappa shape index (κ1) is 17.2. The molecule has 0 spiro atoms. The molecule has 0 aliphatic carbocycles. The van der Waals surface area contributed by atoms with Crippen molar-refractivity contribution < 1.29 is 9.84 Å². The van der Waals surface area contributed by atoms with Crippen LogP contribution in [-0.4, -0.2) is 47.5 Å². The fraction of sp³-hybridized carbons (Fsp3) is 1.00. The van der Waals surface area contributed by atoms with Gasteiger partial charge in [-0.3, -0.25) is 0 Å². The van der Waals surface area contributed by atoms with Crippen molar-refractivity contribution in [2.45, 2.75) is 64.0 Å². The lowest BCUT2D eigenvalue weighted by Gasteiger charge is -2.34. The molecule has 0 aromatic rings. The van der Waals surface area contributed by atoms with E-state index >= 15 is 0 Å². The van der Waals surface area contributed by atoms with Gasteiger partial charge in [0.1, 0.15) is 0 Å². The van der Waals surface area contributed by atoms with Gasteiger partial charge in [0.15, 0.2) is 0 Å². The molecule has 0 amide bonds. The molecule has 0 saturated carbocycles. The standard InChI is InChI=1S/C13H29NO2S/c1-7-8-14-12(13(4,5)16-6)9-17-11(3)10(2)15/h10-12,14-15H,7-9H2,1-6H3. The van der Waals surface area contributed by atoms with Gasteiger partial charge in [-0.15, -0.1) is 0 Å². The summed E-state index contributed by atoms with van der Waals surface area (Å²) >= 11 is 1.79. The van der Waals surface area contributed by atoms with Crippen LogP contribution in [-0.2, 0) is 4.74 Å². The lowest BCUT2D eigenvalue weighted by Crippen LogP contribution is -2.50. The lowest BCUT2D eigenvalue weighted by molar-refractivity contribution is -0.00351. The lowest BCUT2D eigenvalue weighted by atomic mass is 10.0. The van der Waals surface area contributed by atoms with Gasteiger partial charge in [0.2, 0.25) is 0 Å². The highest BCUT2D eigenvalue weighted by Crippen LogP contribution is 2.22. The van der Waals surface area contributed by atoms with Crippen LogP contribution in [0.25, 0.3) is 0 Å². The van der Waals surface area contributed by atoms with E-state index in [1.807, 2.05) is 6.92 Å². The topological polar surface area (TPSA) is 41.5 Å². The second kappa shape index (κ2) is 8.35. The van der Waals surface area contributed by atoms with Crippen molar-refractivity contribution in [3.8, 4) is 0 Å². The molecule has 0 aliphatic rings. The van der Waals surface area contributed by atoms with Crippen LogP contribution in [0.2, 0.25) is 0 Å². The Morgan fingerprint density at radius 1 is 1.35 bits per heavy atom. The van der Waals surface area contributed by atoms with E-state index in [1.54, 1.807) is 18.9 Å². The number of hydrogen-bond donors (Lipinski definition) is 2. The number of rotatable bonds is 9. The van der Waals surface area contributed by atoms with Gasteiger partial charge in [-0.1, -0.05) is 13.8 Å². The highest BCUT2D eigenvalue weighted by atomic mass is 32.2. The highest BCUT2D eigenvalue weighted by Gasteiger charge is 2.29. The molecule has 0 bridgehead atoms. The van der Waals surface area contributed by atoms with E-state index in [0.717, 1.165) is 18.7 Å². The van der Waals surface area contributed by atoms with Crippen LogP contribution in [0.4, 0.5) is 0 Å². The van der Waals surface area contributed by atoms with E-state index in [9.17, 15) is 5.11 Å². The van der Waals surface area contributed by atoms with Gasteiger partial charge in [-0.05, 0) is 33.7 Å². The first-order chi connectivity index (χ1) is 7.85. The minimum absolute atomic E-state index is 0.180. The Morgan fingerprint density at radius 3 is 2.35 bits per heavy atom.